The van der Waals surface area contributed by atoms with Crippen LogP contribution >= 0.6 is 0 Å². The van der Waals surface area contributed by atoms with E-state index in [0.717, 1.165) is 18.4 Å². The van der Waals surface area contributed by atoms with Crippen LogP contribution in [-0.2, 0) is 21.4 Å². The number of benzene rings is 1. The molecule has 1 amide bonds. The number of amides is 1. The van der Waals surface area contributed by atoms with Crippen molar-refractivity contribution >= 4 is 15.9 Å². The van der Waals surface area contributed by atoms with Crippen molar-refractivity contribution in [2.75, 3.05) is 13.1 Å². The summed E-state index contributed by atoms with van der Waals surface area (Å²) in [5, 5.41) is 2.89. The summed E-state index contributed by atoms with van der Waals surface area (Å²) in [6, 6.07) is 10.6. The highest BCUT2D eigenvalue weighted by atomic mass is 32.2. The van der Waals surface area contributed by atoms with Crippen molar-refractivity contribution in [3.05, 3.63) is 54.0 Å². The minimum atomic E-state index is -3.50. The van der Waals surface area contributed by atoms with Crippen LogP contribution < -0.4 is 5.32 Å². The Bertz CT molecular complexity index is 923. The van der Waals surface area contributed by atoms with Gasteiger partial charge >= 0.3 is 0 Å². The fourth-order valence-electron chi connectivity index (χ4n) is 3.87. The predicted molar refractivity (Wildman–Crippen MR) is 95.6 cm³/mol. The summed E-state index contributed by atoms with van der Waals surface area (Å²) in [6.07, 6.45) is 3.05. The van der Waals surface area contributed by atoms with E-state index in [9.17, 15) is 13.2 Å². The Balaban J connectivity index is 1.40. The number of rotatable bonds is 5. The van der Waals surface area contributed by atoms with Crippen LogP contribution in [0.3, 0.4) is 0 Å². The molecule has 1 spiro atoms. The molecule has 1 saturated heterocycles. The van der Waals surface area contributed by atoms with Gasteiger partial charge in [0.15, 0.2) is 0 Å². The molecule has 2 aliphatic rings. The smallest absolute Gasteiger partial charge is 0.243 e. The molecule has 1 aromatic heterocycles. The van der Waals surface area contributed by atoms with Gasteiger partial charge in [-0.1, -0.05) is 12.1 Å². The van der Waals surface area contributed by atoms with E-state index < -0.39 is 10.0 Å². The van der Waals surface area contributed by atoms with Crippen molar-refractivity contribution in [2.24, 2.45) is 11.3 Å². The third-order valence-electron chi connectivity index (χ3n) is 5.50. The molecule has 0 radical (unpaired) electrons. The predicted octanol–water partition coefficient (Wildman–Crippen LogP) is 2.31. The topological polar surface area (TPSA) is 79.6 Å². The molecule has 1 aliphatic carbocycles. The maximum absolute atomic E-state index is 12.9. The van der Waals surface area contributed by atoms with Gasteiger partial charge in [0, 0.05) is 19.0 Å². The van der Waals surface area contributed by atoms with Crippen LogP contribution in [0.1, 0.15) is 24.2 Å². The first-order chi connectivity index (χ1) is 12.4. The normalized spacial score (nSPS) is 25.5. The molecule has 26 heavy (non-hydrogen) atoms. The van der Waals surface area contributed by atoms with Crippen molar-refractivity contribution in [3.63, 3.8) is 0 Å². The van der Waals surface area contributed by atoms with Crippen molar-refractivity contribution < 1.29 is 17.6 Å². The van der Waals surface area contributed by atoms with Crippen LogP contribution in [0, 0.1) is 18.3 Å². The van der Waals surface area contributed by atoms with Crippen LogP contribution in [-0.4, -0.2) is 31.7 Å². The monoisotopic (exact) mass is 374 g/mol. The first kappa shape index (κ1) is 17.3. The first-order valence-electron chi connectivity index (χ1n) is 8.78. The Morgan fingerprint density at radius 1 is 1.35 bits per heavy atom. The summed E-state index contributed by atoms with van der Waals surface area (Å²) in [5.74, 6) is 0.578. The molecule has 1 N–H and O–H groups in total. The van der Waals surface area contributed by atoms with Gasteiger partial charge in [-0.2, -0.15) is 4.31 Å². The molecular formula is C19H22N2O4S. The second kappa shape index (κ2) is 6.25. The van der Waals surface area contributed by atoms with Crippen LogP contribution in [0.4, 0.5) is 0 Å². The highest BCUT2D eigenvalue weighted by Crippen LogP contribution is 2.59. The lowest BCUT2D eigenvalue weighted by Gasteiger charge is -2.17. The molecule has 0 unspecified atom stereocenters. The SMILES string of the molecule is Cc1cccc(S(=O)(=O)N2CC[C@]3(C[C@@H]3C(=O)NCc3ccco3)C2)c1. The zero-order chi connectivity index (χ0) is 18.4. The zero-order valence-electron chi connectivity index (χ0n) is 14.6. The van der Waals surface area contributed by atoms with Gasteiger partial charge in [-0.25, -0.2) is 8.42 Å². The fraction of sp³-hybridized carbons (Fsp3) is 0.421. The van der Waals surface area contributed by atoms with Gasteiger partial charge in [0.05, 0.1) is 17.7 Å². The molecule has 1 aromatic carbocycles. The average molecular weight is 374 g/mol. The minimum Gasteiger partial charge on any atom is -0.467 e. The van der Waals surface area contributed by atoms with Gasteiger partial charge in [-0.05, 0) is 55.0 Å². The number of hydrogen-bond donors (Lipinski definition) is 1. The lowest BCUT2D eigenvalue weighted by atomic mass is 10.0. The largest absolute Gasteiger partial charge is 0.467 e. The quantitative estimate of drug-likeness (QED) is 0.871. The standard InChI is InChI=1S/C19H22N2O4S/c1-14-4-2-6-16(10-14)26(23,24)21-8-7-19(13-21)11-17(19)18(22)20-12-15-5-3-9-25-15/h2-6,9-10,17H,7-8,11-13H2,1H3,(H,20,22)/t17-,19+/m1/s1. The number of nitrogens with zero attached hydrogens (tertiary/aromatic N) is 1. The molecule has 7 heteroatoms. The molecule has 0 bridgehead atoms. The molecule has 1 aliphatic heterocycles. The third kappa shape index (κ3) is 3.05. The number of nitrogens with one attached hydrogen (secondary N) is 1. The lowest BCUT2D eigenvalue weighted by Crippen LogP contribution is -2.31. The van der Waals surface area contributed by atoms with Gasteiger partial charge in [-0.15, -0.1) is 0 Å². The van der Waals surface area contributed by atoms with Crippen LogP contribution in [0.5, 0.6) is 0 Å². The van der Waals surface area contributed by atoms with Crippen molar-refractivity contribution in [3.8, 4) is 0 Å². The van der Waals surface area contributed by atoms with Crippen LogP contribution in [0.25, 0.3) is 0 Å². The summed E-state index contributed by atoms with van der Waals surface area (Å²) in [6.45, 7) is 3.13. The number of hydrogen-bond acceptors (Lipinski definition) is 4. The van der Waals surface area contributed by atoms with Crippen molar-refractivity contribution in [1.82, 2.24) is 9.62 Å². The Hall–Kier alpha value is -2.12. The highest BCUT2D eigenvalue weighted by molar-refractivity contribution is 7.89. The van der Waals surface area contributed by atoms with Gasteiger partial charge in [-0.3, -0.25) is 4.79 Å². The summed E-state index contributed by atoms with van der Waals surface area (Å²) in [5.41, 5.74) is 0.714. The van der Waals surface area contributed by atoms with E-state index in [-0.39, 0.29) is 17.2 Å². The fourth-order valence-corrected chi connectivity index (χ4v) is 5.51. The van der Waals surface area contributed by atoms with Crippen LogP contribution in [0.2, 0.25) is 0 Å². The second-order valence-electron chi connectivity index (χ2n) is 7.32. The van der Waals surface area contributed by atoms with Gasteiger partial charge in [0.2, 0.25) is 15.9 Å². The molecule has 138 valence electrons. The van der Waals surface area contributed by atoms with E-state index >= 15 is 0 Å². The first-order valence-corrected chi connectivity index (χ1v) is 10.2. The second-order valence-corrected chi connectivity index (χ2v) is 9.26. The van der Waals surface area contributed by atoms with Gasteiger partial charge in [0.1, 0.15) is 5.76 Å². The Morgan fingerprint density at radius 3 is 2.92 bits per heavy atom. The summed E-state index contributed by atoms with van der Waals surface area (Å²) < 4.78 is 32.5. The van der Waals surface area contributed by atoms with E-state index in [0.29, 0.717) is 30.3 Å². The highest BCUT2D eigenvalue weighted by Gasteiger charge is 2.62. The summed E-state index contributed by atoms with van der Waals surface area (Å²) in [4.78, 5) is 12.7. The van der Waals surface area contributed by atoms with E-state index in [1.165, 1.54) is 4.31 Å². The van der Waals surface area contributed by atoms with Gasteiger partial charge in [0.25, 0.3) is 0 Å². The van der Waals surface area contributed by atoms with E-state index in [1.54, 1.807) is 30.5 Å². The average Bonchev–Trinajstić information content (AvgIpc) is 2.97. The van der Waals surface area contributed by atoms with E-state index in [2.05, 4.69) is 5.32 Å². The molecule has 2 atom stereocenters. The maximum Gasteiger partial charge on any atom is 0.243 e. The molecule has 4 rings (SSSR count). The van der Waals surface area contributed by atoms with Crippen LogP contribution in [0.15, 0.2) is 52.0 Å². The summed E-state index contributed by atoms with van der Waals surface area (Å²) in [7, 11) is -3.50. The molecule has 1 saturated carbocycles. The molecule has 2 heterocycles. The van der Waals surface area contributed by atoms with Crippen molar-refractivity contribution in [2.45, 2.75) is 31.2 Å². The van der Waals surface area contributed by atoms with E-state index in [1.807, 2.05) is 19.1 Å². The molecule has 6 nitrogen and oxygen atoms in total. The van der Waals surface area contributed by atoms with E-state index in [4.69, 9.17) is 4.42 Å². The zero-order valence-corrected chi connectivity index (χ0v) is 15.5. The number of furan rings is 1. The Labute approximate surface area is 153 Å². The Morgan fingerprint density at radius 2 is 2.19 bits per heavy atom. The van der Waals surface area contributed by atoms with Gasteiger partial charge < -0.3 is 9.73 Å². The molecular weight excluding hydrogens is 352 g/mol. The number of aryl methyl sites for hydroxylation is 1. The number of sulfonamides is 1. The maximum atomic E-state index is 12.9. The minimum absolute atomic E-state index is 0.0174. The third-order valence-corrected chi connectivity index (χ3v) is 7.34. The number of carbonyl (C=O) groups is 1. The number of carbonyl (C=O) groups excluding carboxylic acids is 1. The lowest BCUT2D eigenvalue weighted by molar-refractivity contribution is -0.123. The Kier molecular flexibility index (Phi) is 4.16. The van der Waals surface area contributed by atoms with Crippen molar-refractivity contribution in [1.29, 1.82) is 0 Å². The molecule has 2 fully saturated rings. The summed E-state index contributed by atoms with van der Waals surface area (Å²) >= 11 is 0. The molecule has 2 aromatic rings.